The Morgan fingerprint density at radius 3 is 2.81 bits per heavy atom. The number of amides is 1. The Morgan fingerprint density at radius 2 is 2.00 bits per heavy atom. The summed E-state index contributed by atoms with van der Waals surface area (Å²) in [6.45, 7) is 2.35. The Bertz CT molecular complexity index is 987. The van der Waals surface area contributed by atoms with Crippen molar-refractivity contribution in [3.8, 4) is 0 Å². The van der Waals surface area contributed by atoms with Crippen LogP contribution in [0, 0.1) is 18.7 Å². The van der Waals surface area contributed by atoms with Gasteiger partial charge in [0.1, 0.15) is 17.2 Å². The van der Waals surface area contributed by atoms with E-state index in [4.69, 9.17) is 0 Å². The number of nitrogens with zero attached hydrogens (tertiary/aromatic N) is 3. The van der Waals surface area contributed by atoms with E-state index in [9.17, 15) is 9.18 Å². The maximum absolute atomic E-state index is 13.1. The van der Waals surface area contributed by atoms with E-state index in [1.165, 1.54) is 18.2 Å². The summed E-state index contributed by atoms with van der Waals surface area (Å²) in [7, 11) is 0. The van der Waals surface area contributed by atoms with Crippen LogP contribution < -0.4 is 10.6 Å². The molecule has 0 saturated heterocycles. The highest BCUT2D eigenvalue weighted by Gasteiger charge is 2.29. The summed E-state index contributed by atoms with van der Waals surface area (Å²) in [5.74, 6) is 0.730. The summed E-state index contributed by atoms with van der Waals surface area (Å²) in [6, 6.07) is 8.36. The molecule has 1 amide bonds. The van der Waals surface area contributed by atoms with Gasteiger partial charge < -0.3 is 10.6 Å². The van der Waals surface area contributed by atoms with Gasteiger partial charge >= 0.3 is 0 Å². The molecule has 7 heteroatoms. The maximum atomic E-state index is 13.1. The number of carbonyl (C=O) groups is 1. The number of nitrogens with one attached hydrogen (secondary N) is 2. The summed E-state index contributed by atoms with van der Waals surface area (Å²) in [5, 5.41) is 6.35. The molecule has 2 aromatic heterocycles. The highest BCUT2D eigenvalue weighted by Crippen LogP contribution is 2.29. The molecule has 0 spiro atoms. The number of hydrogen-bond donors (Lipinski definition) is 2. The van der Waals surface area contributed by atoms with Crippen molar-refractivity contribution in [2.45, 2.75) is 25.8 Å². The molecule has 1 aliphatic rings. The standard InChI is InChI=1S/C20H20FN5O/c1-12-8-14(21)2-3-16(12)20(27)24-11-13-9-15(10-13)25-18-5-4-17-19(26-18)23-7-6-22-17/h2-8,13,15H,9-11H2,1H3,(H,24,27)(H,23,25,26). The Labute approximate surface area is 156 Å². The van der Waals surface area contributed by atoms with Gasteiger partial charge in [0.15, 0.2) is 5.65 Å². The molecule has 1 aliphatic carbocycles. The molecule has 0 bridgehead atoms. The van der Waals surface area contributed by atoms with Crippen molar-refractivity contribution in [2.75, 3.05) is 11.9 Å². The van der Waals surface area contributed by atoms with E-state index >= 15 is 0 Å². The van der Waals surface area contributed by atoms with Gasteiger partial charge in [-0.3, -0.25) is 9.78 Å². The number of benzene rings is 1. The van der Waals surface area contributed by atoms with Crippen molar-refractivity contribution in [1.82, 2.24) is 20.3 Å². The summed E-state index contributed by atoms with van der Waals surface area (Å²) < 4.78 is 13.1. The molecule has 3 aromatic rings. The highest BCUT2D eigenvalue weighted by atomic mass is 19.1. The summed E-state index contributed by atoms with van der Waals surface area (Å²) in [5.41, 5.74) is 2.56. The third-order valence-electron chi connectivity index (χ3n) is 4.90. The third-order valence-corrected chi connectivity index (χ3v) is 4.90. The van der Waals surface area contributed by atoms with Gasteiger partial charge in [-0.25, -0.2) is 14.4 Å². The van der Waals surface area contributed by atoms with E-state index in [2.05, 4.69) is 25.6 Å². The second kappa shape index (κ2) is 7.26. The van der Waals surface area contributed by atoms with Crippen LogP contribution in [0.2, 0.25) is 0 Å². The minimum absolute atomic E-state index is 0.154. The SMILES string of the molecule is Cc1cc(F)ccc1C(=O)NCC1CC(Nc2ccc3nccnc3n2)C1. The molecule has 4 rings (SSSR count). The zero-order chi connectivity index (χ0) is 18.8. The van der Waals surface area contributed by atoms with Crippen molar-refractivity contribution < 1.29 is 9.18 Å². The van der Waals surface area contributed by atoms with Gasteiger partial charge in [0.25, 0.3) is 5.91 Å². The topological polar surface area (TPSA) is 79.8 Å². The molecule has 138 valence electrons. The van der Waals surface area contributed by atoms with E-state index in [1.807, 2.05) is 12.1 Å². The van der Waals surface area contributed by atoms with E-state index in [1.54, 1.807) is 19.3 Å². The molecule has 27 heavy (non-hydrogen) atoms. The van der Waals surface area contributed by atoms with Crippen LogP contribution in [0.15, 0.2) is 42.7 Å². The zero-order valence-electron chi connectivity index (χ0n) is 14.9. The Hall–Kier alpha value is -3.09. The molecule has 0 unspecified atom stereocenters. The predicted octanol–water partition coefficient (Wildman–Crippen LogP) is 3.09. The van der Waals surface area contributed by atoms with Crippen LogP contribution in [-0.4, -0.2) is 33.4 Å². The number of pyridine rings is 1. The number of aromatic nitrogens is 3. The van der Waals surface area contributed by atoms with Crippen LogP contribution in [0.5, 0.6) is 0 Å². The first-order chi connectivity index (χ1) is 13.1. The third kappa shape index (κ3) is 3.86. The van der Waals surface area contributed by atoms with Gasteiger partial charge in [0.05, 0.1) is 0 Å². The van der Waals surface area contributed by atoms with Gasteiger partial charge in [-0.05, 0) is 61.6 Å². The van der Waals surface area contributed by atoms with Crippen molar-refractivity contribution in [3.63, 3.8) is 0 Å². The number of hydrogen-bond acceptors (Lipinski definition) is 5. The summed E-state index contributed by atoms with van der Waals surface area (Å²) in [6.07, 6.45) is 5.20. The van der Waals surface area contributed by atoms with Crippen LogP contribution in [0.4, 0.5) is 10.2 Å². The molecule has 0 aliphatic heterocycles. The van der Waals surface area contributed by atoms with E-state index in [0.717, 1.165) is 24.2 Å². The molecule has 1 saturated carbocycles. The molecule has 1 fully saturated rings. The highest BCUT2D eigenvalue weighted by molar-refractivity contribution is 5.95. The average molecular weight is 365 g/mol. The van der Waals surface area contributed by atoms with Crippen LogP contribution >= 0.6 is 0 Å². The Balaban J connectivity index is 1.26. The van der Waals surface area contributed by atoms with Crippen molar-refractivity contribution in [2.24, 2.45) is 5.92 Å². The van der Waals surface area contributed by atoms with Crippen molar-refractivity contribution in [3.05, 3.63) is 59.7 Å². The molecule has 2 N–H and O–H groups in total. The summed E-state index contributed by atoms with van der Waals surface area (Å²) >= 11 is 0. The molecule has 0 atom stereocenters. The van der Waals surface area contributed by atoms with Gasteiger partial charge in [-0.15, -0.1) is 0 Å². The lowest BCUT2D eigenvalue weighted by atomic mass is 9.80. The number of anilines is 1. The number of rotatable bonds is 5. The van der Waals surface area contributed by atoms with E-state index < -0.39 is 0 Å². The maximum Gasteiger partial charge on any atom is 0.251 e. The Kier molecular flexibility index (Phi) is 4.66. The first-order valence-corrected chi connectivity index (χ1v) is 8.97. The molecule has 2 heterocycles. The first kappa shape index (κ1) is 17.3. The molecular weight excluding hydrogens is 345 g/mol. The quantitative estimate of drug-likeness (QED) is 0.726. The van der Waals surface area contributed by atoms with E-state index in [0.29, 0.717) is 35.3 Å². The molecular formula is C20H20FN5O. The van der Waals surface area contributed by atoms with Crippen molar-refractivity contribution >= 4 is 22.9 Å². The molecule has 0 radical (unpaired) electrons. The van der Waals surface area contributed by atoms with Gasteiger partial charge in [-0.2, -0.15) is 0 Å². The van der Waals surface area contributed by atoms with Crippen LogP contribution in [0.3, 0.4) is 0 Å². The largest absolute Gasteiger partial charge is 0.367 e. The second-order valence-corrected chi connectivity index (χ2v) is 6.94. The fourth-order valence-corrected chi connectivity index (χ4v) is 3.38. The van der Waals surface area contributed by atoms with Gasteiger partial charge in [-0.1, -0.05) is 0 Å². The fourth-order valence-electron chi connectivity index (χ4n) is 3.38. The average Bonchev–Trinajstić information content (AvgIpc) is 2.63. The van der Waals surface area contributed by atoms with Gasteiger partial charge in [0, 0.05) is 30.5 Å². The number of fused-ring (bicyclic) bond motifs is 1. The first-order valence-electron chi connectivity index (χ1n) is 8.97. The fraction of sp³-hybridized carbons (Fsp3) is 0.300. The lowest BCUT2D eigenvalue weighted by molar-refractivity contribution is 0.0936. The molecule has 6 nitrogen and oxygen atoms in total. The smallest absolute Gasteiger partial charge is 0.251 e. The lowest BCUT2D eigenvalue weighted by Crippen LogP contribution is -2.42. The number of carbonyl (C=O) groups excluding carboxylic acids is 1. The zero-order valence-corrected chi connectivity index (χ0v) is 14.9. The summed E-state index contributed by atoms with van der Waals surface area (Å²) in [4.78, 5) is 25.1. The minimum atomic E-state index is -0.328. The Morgan fingerprint density at radius 1 is 1.19 bits per heavy atom. The van der Waals surface area contributed by atoms with E-state index in [-0.39, 0.29) is 11.7 Å². The second-order valence-electron chi connectivity index (χ2n) is 6.94. The lowest BCUT2D eigenvalue weighted by Gasteiger charge is -2.36. The van der Waals surface area contributed by atoms with Crippen molar-refractivity contribution in [1.29, 1.82) is 0 Å². The monoisotopic (exact) mass is 365 g/mol. The normalized spacial score (nSPS) is 18.7. The predicted molar refractivity (Wildman–Crippen MR) is 101 cm³/mol. The van der Waals surface area contributed by atoms with Crippen LogP contribution in [0.25, 0.3) is 11.2 Å². The molecule has 1 aromatic carbocycles. The van der Waals surface area contributed by atoms with Gasteiger partial charge in [0.2, 0.25) is 0 Å². The number of halogens is 1. The van der Waals surface area contributed by atoms with Crippen LogP contribution in [-0.2, 0) is 0 Å². The van der Waals surface area contributed by atoms with Crippen LogP contribution in [0.1, 0.15) is 28.8 Å². The minimum Gasteiger partial charge on any atom is -0.367 e. The number of aryl methyl sites for hydroxylation is 1.